The van der Waals surface area contributed by atoms with Crippen molar-refractivity contribution in [1.82, 2.24) is 5.32 Å². The summed E-state index contributed by atoms with van der Waals surface area (Å²) >= 11 is 0. The van der Waals surface area contributed by atoms with Crippen LogP contribution in [0.5, 0.6) is 5.75 Å². The van der Waals surface area contributed by atoms with Crippen LogP contribution in [0.1, 0.15) is 12.5 Å². The van der Waals surface area contributed by atoms with Crippen LogP contribution in [0.25, 0.3) is 0 Å². The van der Waals surface area contributed by atoms with E-state index in [0.717, 1.165) is 0 Å². The van der Waals surface area contributed by atoms with Gasteiger partial charge < -0.3 is 15.2 Å². The first kappa shape index (κ1) is 13.9. The number of ether oxygens (including phenoxy) is 1. The van der Waals surface area contributed by atoms with E-state index in [0.29, 0.717) is 0 Å². The average Bonchev–Trinajstić information content (AvgIpc) is 2.29. The molecule has 1 unspecified atom stereocenters. The lowest BCUT2D eigenvalue weighted by Gasteiger charge is -2.24. The lowest BCUT2D eigenvalue weighted by Crippen LogP contribution is -2.45. The van der Waals surface area contributed by atoms with E-state index in [4.69, 9.17) is 5.11 Å². The minimum Gasteiger partial charge on any atom is -0.479 e. The van der Waals surface area contributed by atoms with Gasteiger partial charge in [0.05, 0.1) is 0 Å². The molecule has 1 atom stereocenters. The monoisotopic (exact) mass is 259 g/mol. The molecule has 5 nitrogen and oxygen atoms in total. The first-order chi connectivity index (χ1) is 8.40. The van der Waals surface area contributed by atoms with Crippen LogP contribution in [0.2, 0.25) is 0 Å². The summed E-state index contributed by atoms with van der Waals surface area (Å²) in [7, 11) is 0. The fourth-order valence-corrected chi connectivity index (χ4v) is 1.36. The van der Waals surface area contributed by atoms with E-state index < -0.39 is 18.1 Å². The lowest BCUT2D eigenvalue weighted by molar-refractivity contribution is -0.145. The number of carbonyl (C=O) groups is 2. The van der Waals surface area contributed by atoms with Gasteiger partial charge in [0.2, 0.25) is 6.41 Å². The number of benzene rings is 1. The molecule has 1 rings (SSSR count). The summed E-state index contributed by atoms with van der Waals surface area (Å²) in [6.07, 6.45) is 0.262. The Labute approximate surface area is 101 Å². The normalized spacial score (nSPS) is 13.8. The summed E-state index contributed by atoms with van der Waals surface area (Å²) in [5.74, 6) is -1.36. The number of amides is 1. The van der Waals surface area contributed by atoms with E-state index in [-0.39, 0.29) is 17.7 Å². The zero-order valence-corrected chi connectivity index (χ0v) is 9.39. The Hall–Kier alpha value is -2.18. The van der Waals surface area contributed by atoms with E-state index >= 15 is 0 Å². The molecule has 98 valence electrons. The molecule has 0 aliphatic heterocycles. The molecule has 7 heteroatoms. The zero-order valence-electron chi connectivity index (χ0n) is 9.39. The van der Waals surface area contributed by atoms with Gasteiger partial charge in [-0.15, -0.1) is 0 Å². The van der Waals surface area contributed by atoms with Gasteiger partial charge in [-0.25, -0.2) is 4.79 Å². The van der Waals surface area contributed by atoms with Gasteiger partial charge in [-0.3, -0.25) is 4.79 Å². The first-order valence-corrected chi connectivity index (χ1v) is 4.90. The highest BCUT2D eigenvalue weighted by atomic mass is 19.3. The number of hydrogen-bond acceptors (Lipinski definition) is 3. The van der Waals surface area contributed by atoms with Gasteiger partial charge in [0.25, 0.3) is 0 Å². The van der Waals surface area contributed by atoms with E-state index in [1.54, 1.807) is 0 Å². The zero-order chi connectivity index (χ0) is 13.8. The van der Waals surface area contributed by atoms with Crippen molar-refractivity contribution in [2.45, 2.75) is 19.1 Å². The van der Waals surface area contributed by atoms with Gasteiger partial charge in [0.1, 0.15) is 5.75 Å². The Bertz CT molecular complexity index is 435. The lowest BCUT2D eigenvalue weighted by atomic mass is 9.92. The Morgan fingerprint density at radius 1 is 1.44 bits per heavy atom. The fraction of sp³-hybridized carbons (Fsp3) is 0.273. The van der Waals surface area contributed by atoms with Crippen LogP contribution in [0.3, 0.4) is 0 Å². The molecule has 0 aliphatic rings. The fourth-order valence-electron chi connectivity index (χ4n) is 1.36. The number of halogens is 2. The van der Waals surface area contributed by atoms with Crippen molar-refractivity contribution in [2.75, 3.05) is 0 Å². The Morgan fingerprint density at radius 2 is 2.00 bits per heavy atom. The first-order valence-electron chi connectivity index (χ1n) is 4.90. The van der Waals surface area contributed by atoms with Gasteiger partial charge in [-0.05, 0) is 24.6 Å². The van der Waals surface area contributed by atoms with Crippen LogP contribution >= 0.6 is 0 Å². The van der Waals surface area contributed by atoms with E-state index in [1.165, 1.54) is 31.2 Å². The molecule has 0 aromatic heterocycles. The highest BCUT2D eigenvalue weighted by Crippen LogP contribution is 2.24. The number of aliphatic carboxylic acids is 1. The van der Waals surface area contributed by atoms with Crippen LogP contribution < -0.4 is 10.1 Å². The van der Waals surface area contributed by atoms with Crippen molar-refractivity contribution in [3.05, 3.63) is 29.8 Å². The number of rotatable bonds is 6. The summed E-state index contributed by atoms with van der Waals surface area (Å²) in [6.45, 7) is -1.66. The van der Waals surface area contributed by atoms with Crippen molar-refractivity contribution in [2.24, 2.45) is 0 Å². The van der Waals surface area contributed by atoms with E-state index in [2.05, 4.69) is 10.1 Å². The van der Waals surface area contributed by atoms with Gasteiger partial charge >= 0.3 is 12.6 Å². The SMILES string of the molecule is CC(NC=O)(C(=O)O)c1ccc(OC(F)F)cc1. The van der Waals surface area contributed by atoms with Crippen LogP contribution in [-0.4, -0.2) is 24.1 Å². The molecule has 18 heavy (non-hydrogen) atoms. The molecule has 0 fully saturated rings. The predicted octanol–water partition coefficient (Wildman–Crippen LogP) is 1.33. The summed E-state index contributed by atoms with van der Waals surface area (Å²) in [5, 5.41) is 11.2. The molecule has 2 N–H and O–H groups in total. The second kappa shape index (κ2) is 5.44. The smallest absolute Gasteiger partial charge is 0.387 e. The topological polar surface area (TPSA) is 75.6 Å². The van der Waals surface area contributed by atoms with Crippen molar-refractivity contribution < 1.29 is 28.2 Å². The molecule has 0 saturated heterocycles. The maximum atomic E-state index is 11.9. The molecule has 0 bridgehead atoms. The molecule has 1 amide bonds. The van der Waals surface area contributed by atoms with Crippen LogP contribution in [0.4, 0.5) is 8.78 Å². The summed E-state index contributed by atoms with van der Waals surface area (Å²) in [5.41, 5.74) is -1.38. The van der Waals surface area contributed by atoms with Gasteiger partial charge in [-0.1, -0.05) is 12.1 Å². The molecular weight excluding hydrogens is 248 g/mol. The molecule has 0 radical (unpaired) electrons. The number of carbonyl (C=O) groups excluding carboxylic acids is 1. The Morgan fingerprint density at radius 3 is 2.39 bits per heavy atom. The van der Waals surface area contributed by atoms with Crippen molar-refractivity contribution in [3.8, 4) is 5.75 Å². The third kappa shape index (κ3) is 2.93. The predicted molar refractivity (Wildman–Crippen MR) is 57.3 cm³/mol. The van der Waals surface area contributed by atoms with E-state index in [1.807, 2.05) is 0 Å². The Kier molecular flexibility index (Phi) is 4.19. The van der Waals surface area contributed by atoms with Gasteiger partial charge in [-0.2, -0.15) is 8.78 Å². The van der Waals surface area contributed by atoms with Crippen LogP contribution in [-0.2, 0) is 15.1 Å². The quantitative estimate of drug-likeness (QED) is 0.756. The maximum Gasteiger partial charge on any atom is 0.387 e. The highest BCUT2D eigenvalue weighted by Gasteiger charge is 2.34. The number of carboxylic acids is 1. The molecule has 1 aromatic rings. The highest BCUT2D eigenvalue weighted by molar-refractivity contribution is 5.82. The average molecular weight is 259 g/mol. The Balaban J connectivity index is 3.01. The van der Waals surface area contributed by atoms with Gasteiger partial charge in [0.15, 0.2) is 5.54 Å². The molecule has 0 heterocycles. The van der Waals surface area contributed by atoms with Crippen molar-refractivity contribution >= 4 is 12.4 Å². The summed E-state index contributed by atoms with van der Waals surface area (Å²) in [6, 6.07) is 5.00. The molecule has 1 aromatic carbocycles. The second-order valence-electron chi connectivity index (χ2n) is 3.60. The summed E-state index contributed by atoms with van der Waals surface area (Å²) < 4.78 is 28.0. The summed E-state index contributed by atoms with van der Waals surface area (Å²) in [4.78, 5) is 21.5. The molecule has 0 aliphatic carbocycles. The standard InChI is InChI=1S/C11H11F2NO4/c1-11(9(16)17,14-6-15)7-2-4-8(5-3-7)18-10(12)13/h2-6,10H,1H3,(H,14,15)(H,16,17). The third-order valence-corrected chi connectivity index (χ3v) is 2.43. The van der Waals surface area contributed by atoms with Crippen molar-refractivity contribution in [3.63, 3.8) is 0 Å². The number of hydrogen-bond donors (Lipinski definition) is 2. The van der Waals surface area contributed by atoms with Crippen molar-refractivity contribution in [1.29, 1.82) is 0 Å². The molecule has 0 spiro atoms. The molecule has 0 saturated carbocycles. The molecular formula is C11H11F2NO4. The maximum absolute atomic E-state index is 11.9. The van der Waals surface area contributed by atoms with Crippen LogP contribution in [0.15, 0.2) is 24.3 Å². The minimum absolute atomic E-state index is 0.0902. The second-order valence-corrected chi connectivity index (χ2v) is 3.60. The largest absolute Gasteiger partial charge is 0.479 e. The number of carboxylic acid groups (broad SMARTS) is 1. The van der Waals surface area contributed by atoms with E-state index in [9.17, 15) is 18.4 Å². The number of nitrogens with one attached hydrogen (secondary N) is 1. The minimum atomic E-state index is -2.95. The number of alkyl halides is 2. The van der Waals surface area contributed by atoms with Gasteiger partial charge in [0, 0.05) is 0 Å². The third-order valence-electron chi connectivity index (χ3n) is 2.43. The van der Waals surface area contributed by atoms with Crippen LogP contribution in [0, 0.1) is 0 Å².